The molecule has 30 heavy (non-hydrogen) atoms. The van der Waals surface area contributed by atoms with Crippen molar-refractivity contribution >= 4 is 17.7 Å². The number of nitrogens with two attached hydrogens (primary N) is 1. The Labute approximate surface area is 181 Å². The summed E-state index contributed by atoms with van der Waals surface area (Å²) < 4.78 is 1.47. The number of aromatic nitrogens is 3. The van der Waals surface area contributed by atoms with E-state index < -0.39 is 0 Å². The van der Waals surface area contributed by atoms with Crippen LogP contribution in [0.4, 0.5) is 0 Å². The predicted molar refractivity (Wildman–Crippen MR) is 120 cm³/mol. The number of carbonyl (C=O) groups is 1. The summed E-state index contributed by atoms with van der Waals surface area (Å²) in [5.74, 6) is 7.58. The molecule has 1 fully saturated rings. The minimum absolute atomic E-state index is 0.141. The van der Waals surface area contributed by atoms with Crippen LogP contribution in [-0.2, 0) is 11.2 Å². The number of amides is 1. The highest BCUT2D eigenvalue weighted by molar-refractivity contribution is 8.00. The van der Waals surface area contributed by atoms with Crippen molar-refractivity contribution in [3.05, 3.63) is 66.2 Å². The molecule has 3 aromatic rings. The number of thioether (sulfide) groups is 1. The van der Waals surface area contributed by atoms with E-state index in [1.165, 1.54) is 22.0 Å². The number of likely N-dealkylation sites (tertiary alicyclic amines) is 1. The molecule has 2 N–H and O–H groups in total. The lowest BCUT2D eigenvalue weighted by Gasteiger charge is -2.33. The number of rotatable bonds is 6. The molecule has 1 aromatic heterocycles. The van der Waals surface area contributed by atoms with Gasteiger partial charge in [0.05, 0.1) is 5.25 Å². The molecule has 0 spiro atoms. The van der Waals surface area contributed by atoms with E-state index in [0.717, 1.165) is 37.9 Å². The second kappa shape index (κ2) is 9.34. The molecule has 7 heteroatoms. The first-order valence-corrected chi connectivity index (χ1v) is 11.2. The average Bonchev–Trinajstić information content (AvgIpc) is 3.15. The topological polar surface area (TPSA) is 77.0 Å². The molecule has 2 aromatic carbocycles. The van der Waals surface area contributed by atoms with Crippen LogP contribution in [-0.4, -0.2) is 44.0 Å². The van der Waals surface area contributed by atoms with Crippen molar-refractivity contribution in [1.82, 2.24) is 19.8 Å². The third-order valence-electron chi connectivity index (χ3n) is 5.62. The summed E-state index contributed by atoms with van der Waals surface area (Å²) in [7, 11) is 0. The Hall–Kier alpha value is -2.80. The Kier molecular flexibility index (Phi) is 6.38. The van der Waals surface area contributed by atoms with Gasteiger partial charge in [-0.1, -0.05) is 72.4 Å². The quantitative estimate of drug-likeness (QED) is 0.486. The van der Waals surface area contributed by atoms with Gasteiger partial charge in [0.25, 0.3) is 0 Å². The van der Waals surface area contributed by atoms with Crippen molar-refractivity contribution in [1.29, 1.82) is 0 Å². The number of hydrogen-bond acceptors (Lipinski definition) is 5. The number of nitrogen functional groups attached to an aromatic ring is 1. The Morgan fingerprint density at radius 1 is 1.07 bits per heavy atom. The minimum atomic E-state index is -0.259. The van der Waals surface area contributed by atoms with Crippen LogP contribution < -0.4 is 5.84 Å². The Balaban J connectivity index is 1.32. The first kappa shape index (κ1) is 20.5. The Bertz CT molecular complexity index is 968. The Morgan fingerprint density at radius 3 is 2.37 bits per heavy atom. The first-order valence-electron chi connectivity index (χ1n) is 10.4. The molecule has 1 aliphatic heterocycles. The fourth-order valence-electron chi connectivity index (χ4n) is 3.91. The zero-order valence-electron chi connectivity index (χ0n) is 17.1. The van der Waals surface area contributed by atoms with Gasteiger partial charge in [0.1, 0.15) is 0 Å². The van der Waals surface area contributed by atoms with E-state index in [9.17, 15) is 4.79 Å². The van der Waals surface area contributed by atoms with Gasteiger partial charge >= 0.3 is 0 Å². The van der Waals surface area contributed by atoms with E-state index in [1.807, 2.05) is 42.2 Å². The maximum atomic E-state index is 13.0. The van der Waals surface area contributed by atoms with E-state index in [1.54, 1.807) is 0 Å². The minimum Gasteiger partial charge on any atom is -0.342 e. The van der Waals surface area contributed by atoms with Gasteiger partial charge in [0.15, 0.2) is 5.82 Å². The Morgan fingerprint density at radius 2 is 1.70 bits per heavy atom. The maximum Gasteiger partial charge on any atom is 0.235 e. The lowest BCUT2D eigenvalue weighted by molar-refractivity contribution is -0.131. The lowest BCUT2D eigenvalue weighted by atomic mass is 9.90. The van der Waals surface area contributed by atoms with Gasteiger partial charge in [-0.15, -0.1) is 10.2 Å². The zero-order chi connectivity index (χ0) is 20.9. The van der Waals surface area contributed by atoms with E-state index in [0.29, 0.717) is 16.9 Å². The predicted octanol–water partition coefficient (Wildman–Crippen LogP) is 3.62. The lowest BCUT2D eigenvalue weighted by Crippen LogP contribution is -2.42. The van der Waals surface area contributed by atoms with Crippen molar-refractivity contribution in [2.45, 2.75) is 36.6 Å². The van der Waals surface area contributed by atoms with Crippen LogP contribution in [0.25, 0.3) is 11.4 Å². The van der Waals surface area contributed by atoms with Gasteiger partial charge in [0, 0.05) is 18.7 Å². The molecule has 1 atom stereocenters. The highest BCUT2D eigenvalue weighted by Gasteiger charge is 2.28. The summed E-state index contributed by atoms with van der Waals surface area (Å²) in [5, 5.41) is 8.69. The van der Waals surface area contributed by atoms with E-state index in [-0.39, 0.29) is 11.2 Å². The summed E-state index contributed by atoms with van der Waals surface area (Å²) in [5.41, 5.74) is 2.28. The van der Waals surface area contributed by atoms with Gasteiger partial charge in [0.2, 0.25) is 11.1 Å². The molecule has 0 aliphatic carbocycles. The molecule has 1 saturated heterocycles. The van der Waals surface area contributed by atoms with Gasteiger partial charge in [-0.3, -0.25) is 4.79 Å². The molecule has 0 bridgehead atoms. The van der Waals surface area contributed by atoms with Crippen LogP contribution in [0.5, 0.6) is 0 Å². The summed E-state index contributed by atoms with van der Waals surface area (Å²) >= 11 is 1.36. The van der Waals surface area contributed by atoms with E-state index in [4.69, 9.17) is 5.84 Å². The second-order valence-corrected chi connectivity index (χ2v) is 9.07. The third-order valence-corrected chi connectivity index (χ3v) is 6.66. The fourth-order valence-corrected chi connectivity index (χ4v) is 4.77. The van der Waals surface area contributed by atoms with Gasteiger partial charge in [-0.2, -0.15) is 0 Å². The molecule has 1 amide bonds. The first-order chi connectivity index (χ1) is 14.6. The number of piperidine rings is 1. The molecule has 0 saturated carbocycles. The number of carbonyl (C=O) groups excluding carboxylic acids is 1. The van der Waals surface area contributed by atoms with Crippen molar-refractivity contribution < 1.29 is 4.79 Å². The summed E-state index contributed by atoms with van der Waals surface area (Å²) in [6.45, 7) is 3.54. The van der Waals surface area contributed by atoms with E-state index in [2.05, 4.69) is 40.5 Å². The number of benzene rings is 2. The molecular weight excluding hydrogens is 394 g/mol. The zero-order valence-corrected chi connectivity index (χ0v) is 18.0. The fraction of sp³-hybridized carbons (Fsp3) is 0.348. The van der Waals surface area contributed by atoms with Crippen LogP contribution in [0.3, 0.4) is 0 Å². The smallest absolute Gasteiger partial charge is 0.235 e. The second-order valence-electron chi connectivity index (χ2n) is 7.76. The van der Waals surface area contributed by atoms with Crippen molar-refractivity contribution in [2.24, 2.45) is 5.92 Å². The van der Waals surface area contributed by atoms with Gasteiger partial charge < -0.3 is 10.7 Å². The van der Waals surface area contributed by atoms with Crippen molar-refractivity contribution in [3.8, 4) is 11.4 Å². The monoisotopic (exact) mass is 421 g/mol. The molecule has 156 valence electrons. The maximum absolute atomic E-state index is 13.0. The van der Waals surface area contributed by atoms with Crippen LogP contribution in [0.1, 0.15) is 25.3 Å². The van der Waals surface area contributed by atoms with Crippen LogP contribution in [0.2, 0.25) is 0 Å². The van der Waals surface area contributed by atoms with Gasteiger partial charge in [-0.25, -0.2) is 4.68 Å². The summed E-state index contributed by atoms with van der Waals surface area (Å²) in [4.78, 5) is 14.9. The summed E-state index contributed by atoms with van der Waals surface area (Å²) in [6.07, 6.45) is 3.18. The van der Waals surface area contributed by atoms with Gasteiger partial charge in [-0.05, 0) is 37.7 Å². The van der Waals surface area contributed by atoms with Crippen molar-refractivity contribution in [2.75, 3.05) is 18.9 Å². The summed E-state index contributed by atoms with van der Waals surface area (Å²) in [6, 6.07) is 20.3. The molecule has 1 unspecified atom stereocenters. The highest BCUT2D eigenvalue weighted by atomic mass is 32.2. The van der Waals surface area contributed by atoms with E-state index >= 15 is 0 Å². The van der Waals surface area contributed by atoms with Crippen LogP contribution in [0.15, 0.2) is 65.8 Å². The number of nitrogens with zero attached hydrogens (tertiary/aromatic N) is 4. The van der Waals surface area contributed by atoms with Crippen LogP contribution in [0, 0.1) is 5.92 Å². The largest absolute Gasteiger partial charge is 0.342 e. The molecular formula is C23H27N5OS. The normalized spacial score (nSPS) is 15.8. The molecule has 4 rings (SSSR count). The van der Waals surface area contributed by atoms with Crippen molar-refractivity contribution in [3.63, 3.8) is 0 Å². The average molecular weight is 422 g/mol. The van der Waals surface area contributed by atoms with Crippen LogP contribution >= 0.6 is 11.8 Å². The standard InChI is InChI=1S/C23H27N5OS/c1-17(30-23-26-25-21(28(23)24)20-10-6-3-7-11-20)22(29)27-14-12-19(13-15-27)16-18-8-4-2-5-9-18/h2-11,17,19H,12-16,24H2,1H3. The highest BCUT2D eigenvalue weighted by Crippen LogP contribution is 2.28. The molecule has 2 heterocycles. The third kappa shape index (κ3) is 4.67. The number of hydrogen-bond donors (Lipinski definition) is 1. The molecule has 1 aliphatic rings. The molecule has 6 nitrogen and oxygen atoms in total. The molecule has 0 radical (unpaired) electrons. The SMILES string of the molecule is CC(Sc1nnc(-c2ccccc2)n1N)C(=O)N1CCC(Cc2ccccc2)CC1.